The minimum absolute atomic E-state index is 0.164. The predicted octanol–water partition coefficient (Wildman–Crippen LogP) is 2.07. The van der Waals surface area contributed by atoms with Crippen LogP contribution < -0.4 is 11.0 Å². The fourth-order valence-electron chi connectivity index (χ4n) is 3.19. The summed E-state index contributed by atoms with van der Waals surface area (Å²) in [4.78, 5) is 34.7. The lowest BCUT2D eigenvalue weighted by molar-refractivity contribution is -0.201. The minimum atomic E-state index is -3.90. The largest absolute Gasteiger partial charge is 0.350 e. The number of amides is 1. The maximum absolute atomic E-state index is 14.3. The highest BCUT2D eigenvalue weighted by Gasteiger charge is 2.44. The molecule has 9 nitrogen and oxygen atoms in total. The summed E-state index contributed by atoms with van der Waals surface area (Å²) in [5.41, 5.74) is 1.68. The van der Waals surface area contributed by atoms with E-state index in [0.29, 0.717) is 17.5 Å². The molecule has 1 aliphatic rings. The van der Waals surface area contributed by atoms with E-state index in [-0.39, 0.29) is 23.9 Å². The van der Waals surface area contributed by atoms with Crippen LogP contribution in [0.25, 0.3) is 10.9 Å². The number of halogens is 2. The summed E-state index contributed by atoms with van der Waals surface area (Å²) >= 11 is 3.14. The highest BCUT2D eigenvalue weighted by Crippen LogP contribution is 2.24. The van der Waals surface area contributed by atoms with E-state index in [1.807, 2.05) is 0 Å². The van der Waals surface area contributed by atoms with Crippen LogP contribution in [0.3, 0.4) is 0 Å². The minimum Gasteiger partial charge on any atom is -0.350 e. The molecule has 1 saturated heterocycles. The van der Waals surface area contributed by atoms with Crippen molar-refractivity contribution in [1.82, 2.24) is 15.0 Å². The van der Waals surface area contributed by atoms with Crippen LogP contribution in [0.4, 0.5) is 4.39 Å². The molecular weight excluding hydrogens is 497 g/mol. The quantitative estimate of drug-likeness (QED) is 0.556. The number of fused-ring (bicyclic) bond motifs is 1. The van der Waals surface area contributed by atoms with Gasteiger partial charge >= 0.3 is 0 Å². The Kier molecular flexibility index (Phi) is 7.14. The van der Waals surface area contributed by atoms with Crippen molar-refractivity contribution in [3.8, 4) is 0 Å². The number of carbonyl (C=O) groups is 1. The molecule has 0 spiro atoms. The summed E-state index contributed by atoms with van der Waals surface area (Å²) in [7, 11) is -3.90. The van der Waals surface area contributed by atoms with Gasteiger partial charge in [0.05, 0.1) is 11.8 Å². The third-order valence-corrected chi connectivity index (χ3v) is 7.88. The molecule has 1 N–H and O–H groups in total. The molecule has 1 aromatic heterocycles. The first-order valence-corrected chi connectivity index (χ1v) is 12.3. The summed E-state index contributed by atoms with van der Waals surface area (Å²) in [5, 5.41) is -0.214. The van der Waals surface area contributed by atoms with Gasteiger partial charge in [0.25, 0.3) is 11.5 Å². The average Bonchev–Trinajstić information content (AvgIpc) is 2.70. The van der Waals surface area contributed by atoms with Gasteiger partial charge in [-0.05, 0) is 38.3 Å². The predicted molar refractivity (Wildman–Crippen MR) is 114 cm³/mol. The summed E-state index contributed by atoms with van der Waals surface area (Å²) < 4.78 is 44.1. The monoisotopic (exact) mass is 519 g/mol. The Hall–Kier alpha value is -1.89. The zero-order chi connectivity index (χ0) is 22.8. The number of nitrogens with zero attached hydrogens (tertiary/aromatic N) is 2. The Balaban J connectivity index is 1.80. The smallest absolute Gasteiger partial charge is 0.264 e. The van der Waals surface area contributed by atoms with Gasteiger partial charge in [-0.15, -0.1) is 0 Å². The van der Waals surface area contributed by atoms with Crippen LogP contribution in [-0.4, -0.2) is 47.8 Å². The summed E-state index contributed by atoms with van der Waals surface area (Å²) in [5.74, 6) is -1.62. The van der Waals surface area contributed by atoms with E-state index < -0.39 is 38.2 Å². The first-order chi connectivity index (χ1) is 14.5. The van der Waals surface area contributed by atoms with Crippen molar-refractivity contribution < 1.29 is 27.2 Å². The van der Waals surface area contributed by atoms with E-state index in [9.17, 15) is 22.4 Å². The molecule has 2 atom stereocenters. The van der Waals surface area contributed by atoms with Crippen LogP contribution in [0.2, 0.25) is 0 Å². The van der Waals surface area contributed by atoms with Crippen molar-refractivity contribution >= 4 is 42.6 Å². The van der Waals surface area contributed by atoms with E-state index in [2.05, 4.69) is 26.4 Å². The number of hydrogen-bond donors (Lipinski definition) is 1. The van der Waals surface area contributed by atoms with Crippen molar-refractivity contribution in [2.45, 2.75) is 50.2 Å². The molecule has 1 aromatic carbocycles. The number of ether oxygens (including phenoxy) is 1. The van der Waals surface area contributed by atoms with Crippen molar-refractivity contribution in [1.29, 1.82) is 0 Å². The van der Waals surface area contributed by atoms with E-state index in [0.717, 1.165) is 29.7 Å². The average molecular weight is 520 g/mol. The Morgan fingerprint density at radius 2 is 2.19 bits per heavy atom. The van der Waals surface area contributed by atoms with Crippen LogP contribution in [0.1, 0.15) is 32.6 Å². The van der Waals surface area contributed by atoms with Crippen LogP contribution in [0.15, 0.2) is 27.7 Å². The Morgan fingerprint density at radius 3 is 2.84 bits per heavy atom. The molecule has 0 saturated carbocycles. The molecule has 3 rings (SSSR count). The molecule has 1 fully saturated rings. The number of hydroxylamine groups is 1. The highest BCUT2D eigenvalue weighted by molar-refractivity contribution is 9.10. The Labute approximate surface area is 186 Å². The zero-order valence-electron chi connectivity index (χ0n) is 17.1. The lowest BCUT2D eigenvalue weighted by atomic mass is 10.1. The number of nitrogens with one attached hydrogen (secondary N) is 1. The first-order valence-electron chi connectivity index (χ1n) is 9.64. The number of aromatic nitrogens is 2. The molecule has 1 unspecified atom stereocenters. The molecule has 0 bridgehead atoms. The second-order valence-corrected chi connectivity index (χ2v) is 11.0. The van der Waals surface area contributed by atoms with Crippen LogP contribution in [0, 0.1) is 5.82 Å². The lowest BCUT2D eigenvalue weighted by Crippen LogP contribution is -2.51. The topological polar surface area (TPSA) is 117 Å². The molecule has 0 aliphatic carbocycles. The number of aryl methyl sites for hydroxylation is 1. The summed E-state index contributed by atoms with van der Waals surface area (Å²) in [6.07, 6.45) is 3.57. The van der Waals surface area contributed by atoms with Crippen LogP contribution >= 0.6 is 15.9 Å². The molecule has 1 aliphatic heterocycles. The number of carbonyl (C=O) groups excluding carboxylic acids is 1. The van der Waals surface area contributed by atoms with Gasteiger partial charge in [-0.3, -0.25) is 14.2 Å². The van der Waals surface area contributed by atoms with Crippen LogP contribution in [0.5, 0.6) is 0 Å². The van der Waals surface area contributed by atoms with Gasteiger partial charge in [0.15, 0.2) is 20.9 Å². The molecule has 0 radical (unpaired) electrons. The fraction of sp³-hybridized carbons (Fsp3) is 0.526. The molecule has 2 heterocycles. The van der Waals surface area contributed by atoms with E-state index in [1.54, 1.807) is 0 Å². The third kappa shape index (κ3) is 5.13. The standard InChI is InChI=1S/C19H23BrFN3O6S/c1-19(31(2,27)28,18(26)23-30-15-5-3-4-8-29-15)6-7-24-11-22-14-10-12(20)9-13(21)16(14)17(24)25/h9-11,15H,3-8H2,1-2H3,(H,23,26)/t15?,19-/m1/s1. The van der Waals surface area contributed by atoms with Gasteiger partial charge in [0, 0.05) is 30.3 Å². The second-order valence-electron chi connectivity index (χ2n) is 7.62. The van der Waals surface area contributed by atoms with E-state index in [1.165, 1.54) is 19.3 Å². The lowest BCUT2D eigenvalue weighted by Gasteiger charge is -2.28. The Morgan fingerprint density at radius 1 is 1.45 bits per heavy atom. The van der Waals surface area contributed by atoms with Crippen molar-refractivity contribution in [3.05, 3.63) is 39.1 Å². The highest BCUT2D eigenvalue weighted by atomic mass is 79.9. The van der Waals surface area contributed by atoms with Gasteiger partial charge in [0.1, 0.15) is 11.2 Å². The van der Waals surface area contributed by atoms with Crippen LogP contribution in [-0.2, 0) is 30.8 Å². The van der Waals surface area contributed by atoms with Gasteiger partial charge < -0.3 is 4.74 Å². The number of rotatable bonds is 7. The second kappa shape index (κ2) is 9.31. The van der Waals surface area contributed by atoms with E-state index >= 15 is 0 Å². The number of hydrogen-bond acceptors (Lipinski definition) is 7. The number of benzene rings is 1. The molecular formula is C19H23BrFN3O6S. The molecule has 12 heteroatoms. The molecule has 31 heavy (non-hydrogen) atoms. The summed E-state index contributed by atoms with van der Waals surface area (Å²) in [6.45, 7) is 1.57. The normalized spacial score (nSPS) is 19.2. The first kappa shape index (κ1) is 23.8. The van der Waals surface area contributed by atoms with Gasteiger partial charge in [0.2, 0.25) is 0 Å². The van der Waals surface area contributed by atoms with Gasteiger partial charge in [-0.25, -0.2) is 28.1 Å². The third-order valence-electron chi connectivity index (χ3n) is 5.39. The Bertz CT molecular complexity index is 1150. The zero-order valence-corrected chi connectivity index (χ0v) is 19.5. The fourth-order valence-corrected chi connectivity index (χ4v) is 4.45. The maximum atomic E-state index is 14.3. The van der Waals surface area contributed by atoms with Crippen molar-refractivity contribution in [2.24, 2.45) is 0 Å². The van der Waals surface area contributed by atoms with Crippen molar-refractivity contribution in [3.63, 3.8) is 0 Å². The van der Waals surface area contributed by atoms with Crippen molar-refractivity contribution in [2.75, 3.05) is 12.9 Å². The van der Waals surface area contributed by atoms with Gasteiger partial charge in [-0.2, -0.15) is 0 Å². The van der Waals surface area contributed by atoms with Gasteiger partial charge in [-0.1, -0.05) is 15.9 Å². The van der Waals surface area contributed by atoms with E-state index in [4.69, 9.17) is 9.57 Å². The molecule has 170 valence electrons. The summed E-state index contributed by atoms with van der Waals surface area (Å²) in [6, 6.07) is 2.65. The maximum Gasteiger partial charge on any atom is 0.264 e. The number of sulfone groups is 1. The molecule has 2 aromatic rings. The SMILES string of the molecule is C[C@@](CCn1cnc2cc(Br)cc(F)c2c1=O)(C(=O)NOC1CCCCO1)S(C)(=O)=O. The molecule has 1 amide bonds.